The van der Waals surface area contributed by atoms with E-state index in [-0.39, 0.29) is 0 Å². The van der Waals surface area contributed by atoms with Crippen LogP contribution in [0.25, 0.3) is 17.0 Å². The summed E-state index contributed by atoms with van der Waals surface area (Å²) in [5, 5.41) is 9.67. The summed E-state index contributed by atoms with van der Waals surface area (Å²) < 4.78 is 5.51. The Labute approximate surface area is 82.1 Å². The first kappa shape index (κ1) is 8.58. The zero-order chi connectivity index (χ0) is 9.97. The number of hydrogen-bond donors (Lipinski definition) is 0. The Hall–Kier alpha value is -2.01. The zero-order valence-corrected chi connectivity index (χ0v) is 7.82. The van der Waals surface area contributed by atoms with Crippen molar-refractivity contribution in [3.8, 4) is 6.07 Å². The number of nitrogens with zero attached hydrogens (tertiary/aromatic N) is 1. The van der Waals surface area contributed by atoms with Gasteiger partial charge in [-0.15, -0.1) is 0 Å². The lowest BCUT2D eigenvalue weighted by atomic mass is 10.2. The van der Waals surface area contributed by atoms with Gasteiger partial charge in [0.05, 0.1) is 6.07 Å². The van der Waals surface area contributed by atoms with Crippen LogP contribution in [-0.2, 0) is 0 Å². The van der Waals surface area contributed by atoms with Crippen LogP contribution in [-0.4, -0.2) is 0 Å². The molecule has 0 aliphatic rings. The smallest absolute Gasteiger partial charge is 0.134 e. The fourth-order valence-corrected chi connectivity index (χ4v) is 1.32. The van der Waals surface area contributed by atoms with E-state index in [1.54, 1.807) is 13.0 Å². The zero-order valence-electron chi connectivity index (χ0n) is 7.82. The molecule has 2 nitrogen and oxygen atoms in total. The van der Waals surface area contributed by atoms with Crippen LogP contribution in [0.1, 0.15) is 12.7 Å². The number of benzene rings is 1. The lowest BCUT2D eigenvalue weighted by molar-refractivity contribution is 0.604. The van der Waals surface area contributed by atoms with E-state index in [1.807, 2.05) is 30.3 Å². The van der Waals surface area contributed by atoms with Crippen molar-refractivity contribution in [1.82, 2.24) is 0 Å². The molecule has 0 saturated heterocycles. The second kappa shape index (κ2) is 3.39. The molecule has 0 aliphatic carbocycles. The normalized spacial score (nSPS) is 11.6. The summed E-state index contributed by atoms with van der Waals surface area (Å²) in [4.78, 5) is 0. The third kappa shape index (κ3) is 1.53. The summed E-state index contributed by atoms with van der Waals surface area (Å²) >= 11 is 0. The van der Waals surface area contributed by atoms with Crippen molar-refractivity contribution in [3.05, 3.63) is 41.7 Å². The van der Waals surface area contributed by atoms with E-state index >= 15 is 0 Å². The summed E-state index contributed by atoms with van der Waals surface area (Å²) in [7, 11) is 0. The van der Waals surface area contributed by atoms with Crippen LogP contribution in [0.15, 0.2) is 40.3 Å². The van der Waals surface area contributed by atoms with Crippen molar-refractivity contribution in [2.24, 2.45) is 0 Å². The molecule has 1 aromatic heterocycles. The SMILES string of the molecule is CC(C#N)=Cc1cc2ccccc2o1. The summed E-state index contributed by atoms with van der Waals surface area (Å²) in [6, 6.07) is 11.8. The molecular formula is C12H9NO. The Morgan fingerprint density at radius 2 is 2.21 bits per heavy atom. The molecular weight excluding hydrogens is 174 g/mol. The Bertz CT molecular complexity index is 495. The predicted octanol–water partition coefficient (Wildman–Crippen LogP) is 3.36. The lowest BCUT2D eigenvalue weighted by Gasteiger charge is -1.84. The molecule has 0 amide bonds. The van der Waals surface area contributed by atoms with E-state index in [2.05, 4.69) is 6.07 Å². The lowest BCUT2D eigenvalue weighted by Crippen LogP contribution is -1.66. The minimum absolute atomic E-state index is 0.643. The average molecular weight is 183 g/mol. The molecule has 14 heavy (non-hydrogen) atoms. The Balaban J connectivity index is 2.52. The number of allylic oxidation sites excluding steroid dienone is 1. The Morgan fingerprint density at radius 3 is 2.93 bits per heavy atom. The number of furan rings is 1. The van der Waals surface area contributed by atoms with Crippen LogP contribution < -0.4 is 0 Å². The van der Waals surface area contributed by atoms with E-state index in [9.17, 15) is 0 Å². The van der Waals surface area contributed by atoms with E-state index in [0.717, 1.165) is 16.7 Å². The Kier molecular flexibility index (Phi) is 2.08. The van der Waals surface area contributed by atoms with Crippen molar-refractivity contribution < 1.29 is 4.42 Å². The van der Waals surface area contributed by atoms with E-state index in [0.29, 0.717) is 5.57 Å². The van der Waals surface area contributed by atoms with Crippen LogP contribution >= 0.6 is 0 Å². The summed E-state index contributed by atoms with van der Waals surface area (Å²) in [6.07, 6.45) is 1.74. The summed E-state index contributed by atoms with van der Waals surface area (Å²) in [6.45, 7) is 1.76. The van der Waals surface area contributed by atoms with E-state index in [1.165, 1.54) is 0 Å². The first-order valence-corrected chi connectivity index (χ1v) is 4.36. The molecule has 2 heteroatoms. The highest BCUT2D eigenvalue weighted by Gasteiger charge is 1.99. The number of nitriles is 1. The number of hydrogen-bond acceptors (Lipinski definition) is 2. The van der Waals surface area contributed by atoms with Crippen molar-refractivity contribution in [2.45, 2.75) is 6.92 Å². The molecule has 2 aromatic rings. The minimum atomic E-state index is 0.643. The molecule has 0 radical (unpaired) electrons. The number of para-hydroxylation sites is 1. The van der Waals surface area contributed by atoms with Gasteiger partial charge in [0.15, 0.2) is 0 Å². The van der Waals surface area contributed by atoms with Gasteiger partial charge in [0.2, 0.25) is 0 Å². The van der Waals surface area contributed by atoms with Crippen molar-refractivity contribution in [1.29, 1.82) is 5.26 Å². The number of rotatable bonds is 1. The van der Waals surface area contributed by atoms with E-state index in [4.69, 9.17) is 9.68 Å². The highest BCUT2D eigenvalue weighted by Crippen LogP contribution is 2.20. The summed E-state index contributed by atoms with van der Waals surface area (Å²) in [5.41, 5.74) is 1.49. The van der Waals surface area contributed by atoms with Gasteiger partial charge in [0.1, 0.15) is 11.3 Å². The van der Waals surface area contributed by atoms with Gasteiger partial charge in [-0.25, -0.2) is 0 Å². The van der Waals surface area contributed by atoms with Crippen LogP contribution in [0.2, 0.25) is 0 Å². The second-order valence-corrected chi connectivity index (χ2v) is 3.13. The predicted molar refractivity (Wildman–Crippen MR) is 55.5 cm³/mol. The molecule has 0 atom stereocenters. The highest BCUT2D eigenvalue weighted by molar-refractivity contribution is 5.80. The molecule has 0 bridgehead atoms. The van der Waals surface area contributed by atoms with Gasteiger partial charge in [0.25, 0.3) is 0 Å². The number of fused-ring (bicyclic) bond motifs is 1. The third-order valence-electron chi connectivity index (χ3n) is 1.98. The van der Waals surface area contributed by atoms with E-state index < -0.39 is 0 Å². The molecule has 1 aromatic carbocycles. The summed E-state index contributed by atoms with van der Waals surface area (Å²) in [5.74, 6) is 0.727. The first-order valence-electron chi connectivity index (χ1n) is 4.36. The maximum Gasteiger partial charge on any atom is 0.134 e. The van der Waals surface area contributed by atoms with Gasteiger partial charge in [-0.05, 0) is 25.1 Å². The minimum Gasteiger partial charge on any atom is -0.457 e. The van der Waals surface area contributed by atoms with Gasteiger partial charge in [-0.3, -0.25) is 0 Å². The molecule has 0 aliphatic heterocycles. The highest BCUT2D eigenvalue weighted by atomic mass is 16.3. The Morgan fingerprint density at radius 1 is 1.43 bits per heavy atom. The standard InChI is InChI=1S/C12H9NO/c1-9(8-13)6-11-7-10-4-2-3-5-12(10)14-11/h2-7H,1H3. The molecule has 0 fully saturated rings. The average Bonchev–Trinajstić information content (AvgIpc) is 2.59. The molecule has 0 unspecified atom stereocenters. The van der Waals surface area contributed by atoms with Crippen molar-refractivity contribution >= 4 is 17.0 Å². The quantitative estimate of drug-likeness (QED) is 0.635. The third-order valence-corrected chi connectivity index (χ3v) is 1.98. The maximum absolute atomic E-state index is 8.61. The molecule has 0 saturated carbocycles. The van der Waals surface area contributed by atoms with Crippen molar-refractivity contribution in [2.75, 3.05) is 0 Å². The molecule has 68 valence electrons. The fourth-order valence-electron chi connectivity index (χ4n) is 1.32. The van der Waals surface area contributed by atoms with Gasteiger partial charge in [-0.2, -0.15) is 5.26 Å². The largest absolute Gasteiger partial charge is 0.457 e. The molecule has 0 N–H and O–H groups in total. The molecule has 0 spiro atoms. The van der Waals surface area contributed by atoms with Crippen molar-refractivity contribution in [3.63, 3.8) is 0 Å². The van der Waals surface area contributed by atoms with Gasteiger partial charge >= 0.3 is 0 Å². The first-order chi connectivity index (χ1) is 6.79. The second-order valence-electron chi connectivity index (χ2n) is 3.13. The van der Waals surface area contributed by atoms with Crippen LogP contribution in [0.3, 0.4) is 0 Å². The topological polar surface area (TPSA) is 36.9 Å². The van der Waals surface area contributed by atoms with Gasteiger partial charge in [0, 0.05) is 11.0 Å². The molecule has 2 rings (SSSR count). The maximum atomic E-state index is 8.61. The van der Waals surface area contributed by atoms with Crippen LogP contribution in [0.4, 0.5) is 0 Å². The van der Waals surface area contributed by atoms with Gasteiger partial charge in [-0.1, -0.05) is 18.2 Å². The van der Waals surface area contributed by atoms with Crippen LogP contribution in [0, 0.1) is 11.3 Å². The monoisotopic (exact) mass is 183 g/mol. The van der Waals surface area contributed by atoms with Crippen LogP contribution in [0.5, 0.6) is 0 Å². The fraction of sp³-hybridized carbons (Fsp3) is 0.0833. The molecule has 1 heterocycles. The van der Waals surface area contributed by atoms with Gasteiger partial charge < -0.3 is 4.42 Å².